The number of carbonyl (C=O) groups excluding carboxylic acids is 1. The van der Waals surface area contributed by atoms with Gasteiger partial charge in [0.25, 0.3) is 5.91 Å². The van der Waals surface area contributed by atoms with Crippen LogP contribution < -0.4 is 5.73 Å². The van der Waals surface area contributed by atoms with Crippen molar-refractivity contribution < 1.29 is 4.79 Å². The van der Waals surface area contributed by atoms with E-state index in [1.165, 1.54) is 6.20 Å². The molecule has 0 saturated carbocycles. The van der Waals surface area contributed by atoms with Crippen LogP contribution in [0.25, 0.3) is 5.69 Å². The van der Waals surface area contributed by atoms with Crippen LogP contribution in [-0.2, 0) is 0 Å². The highest BCUT2D eigenvalue weighted by atomic mass is 16.1. The molecule has 70 valence electrons. The number of pyridine rings is 1. The maximum Gasteiger partial charge on any atom is 0.251 e. The molecule has 14 heavy (non-hydrogen) atoms. The highest BCUT2D eigenvalue weighted by Gasteiger charge is 2.08. The predicted octanol–water partition coefficient (Wildman–Crippen LogP) is 0.366. The van der Waals surface area contributed by atoms with E-state index in [2.05, 4.69) is 10.1 Å². The second kappa shape index (κ2) is 3.29. The van der Waals surface area contributed by atoms with E-state index in [9.17, 15) is 4.79 Å². The van der Waals surface area contributed by atoms with Gasteiger partial charge in [0.1, 0.15) is 0 Å². The average molecular weight is 188 g/mol. The lowest BCUT2D eigenvalue weighted by atomic mass is 10.2. The Bertz CT molecular complexity index is 450. The molecule has 0 saturated heterocycles. The molecule has 2 aromatic heterocycles. The van der Waals surface area contributed by atoms with Crippen LogP contribution in [0.1, 0.15) is 10.4 Å². The Labute approximate surface area is 80.2 Å². The summed E-state index contributed by atoms with van der Waals surface area (Å²) in [7, 11) is 0. The van der Waals surface area contributed by atoms with E-state index in [1.807, 2.05) is 0 Å². The number of hydrogen-bond donors (Lipinski definition) is 1. The Morgan fingerprint density at radius 2 is 2.29 bits per heavy atom. The van der Waals surface area contributed by atoms with Crippen LogP contribution in [-0.4, -0.2) is 20.7 Å². The second-order valence-corrected chi connectivity index (χ2v) is 2.71. The molecule has 5 nitrogen and oxygen atoms in total. The average Bonchev–Trinajstić information content (AvgIpc) is 2.70. The van der Waals surface area contributed by atoms with E-state index in [0.717, 1.165) is 0 Å². The van der Waals surface area contributed by atoms with Gasteiger partial charge in [-0.3, -0.25) is 9.78 Å². The maximum atomic E-state index is 11.1. The molecule has 5 heteroatoms. The lowest BCUT2D eigenvalue weighted by molar-refractivity contribution is 0.1000. The maximum absolute atomic E-state index is 11.1. The van der Waals surface area contributed by atoms with Gasteiger partial charge in [-0.2, -0.15) is 5.10 Å². The minimum Gasteiger partial charge on any atom is -0.366 e. The van der Waals surface area contributed by atoms with Gasteiger partial charge in [-0.25, -0.2) is 4.68 Å². The zero-order chi connectivity index (χ0) is 9.97. The molecule has 0 bridgehead atoms. The van der Waals surface area contributed by atoms with Crippen LogP contribution >= 0.6 is 0 Å². The van der Waals surface area contributed by atoms with Crippen molar-refractivity contribution >= 4 is 5.91 Å². The fourth-order valence-electron chi connectivity index (χ4n) is 1.19. The first-order valence-corrected chi connectivity index (χ1v) is 4.03. The monoisotopic (exact) mass is 188 g/mol. The summed E-state index contributed by atoms with van der Waals surface area (Å²) < 4.78 is 1.55. The Morgan fingerprint density at radius 3 is 2.93 bits per heavy atom. The normalized spacial score (nSPS) is 10.0. The summed E-state index contributed by atoms with van der Waals surface area (Å²) in [5.74, 6) is -0.488. The number of carbonyl (C=O) groups is 1. The van der Waals surface area contributed by atoms with E-state index < -0.39 is 5.91 Å². The summed E-state index contributed by atoms with van der Waals surface area (Å²) in [4.78, 5) is 15.0. The van der Waals surface area contributed by atoms with Gasteiger partial charge in [-0.05, 0) is 12.1 Å². The molecule has 0 aliphatic carbocycles. The fraction of sp³-hybridized carbons (Fsp3) is 0. The van der Waals surface area contributed by atoms with Crippen molar-refractivity contribution in [3.8, 4) is 5.69 Å². The third-order valence-corrected chi connectivity index (χ3v) is 1.82. The largest absolute Gasteiger partial charge is 0.366 e. The summed E-state index contributed by atoms with van der Waals surface area (Å²) in [6, 6.07) is 3.33. The highest BCUT2D eigenvalue weighted by molar-refractivity contribution is 5.96. The summed E-state index contributed by atoms with van der Waals surface area (Å²) in [5, 5.41) is 4.00. The molecule has 2 heterocycles. The van der Waals surface area contributed by atoms with E-state index in [1.54, 1.807) is 35.4 Å². The van der Waals surface area contributed by atoms with Crippen molar-refractivity contribution in [2.75, 3.05) is 0 Å². The molecule has 0 fully saturated rings. The van der Waals surface area contributed by atoms with Crippen molar-refractivity contribution in [2.24, 2.45) is 5.73 Å². The molecule has 0 atom stereocenters. The van der Waals surface area contributed by atoms with Gasteiger partial charge in [-0.1, -0.05) is 0 Å². The Hall–Kier alpha value is -2.17. The number of nitrogens with two attached hydrogens (primary N) is 1. The van der Waals surface area contributed by atoms with Crippen molar-refractivity contribution in [1.29, 1.82) is 0 Å². The third kappa shape index (κ3) is 1.35. The Balaban J connectivity index is 2.58. The van der Waals surface area contributed by atoms with Gasteiger partial charge in [0.2, 0.25) is 0 Å². The quantitative estimate of drug-likeness (QED) is 0.739. The number of hydrogen-bond acceptors (Lipinski definition) is 3. The summed E-state index contributed by atoms with van der Waals surface area (Å²) in [6.45, 7) is 0. The molecule has 0 aliphatic rings. The lowest BCUT2D eigenvalue weighted by Gasteiger charge is -2.04. The standard InChI is InChI=1S/C9H8N4O/c10-9(14)7-2-4-11-6-8(7)13-5-1-3-12-13/h1-6H,(H2,10,14). The first-order chi connectivity index (χ1) is 6.79. The van der Waals surface area contributed by atoms with Gasteiger partial charge >= 0.3 is 0 Å². The van der Waals surface area contributed by atoms with Gasteiger partial charge in [0.15, 0.2) is 0 Å². The van der Waals surface area contributed by atoms with Crippen molar-refractivity contribution in [3.05, 3.63) is 42.5 Å². The van der Waals surface area contributed by atoms with Crippen LogP contribution in [0.15, 0.2) is 36.9 Å². The number of rotatable bonds is 2. The molecule has 0 spiro atoms. The number of amides is 1. The number of aromatic nitrogens is 3. The first kappa shape index (κ1) is 8.43. The molecule has 2 aromatic rings. The molecule has 2 N–H and O–H groups in total. The molecular formula is C9H8N4O. The molecule has 2 rings (SSSR count). The molecular weight excluding hydrogens is 180 g/mol. The van der Waals surface area contributed by atoms with Crippen molar-refractivity contribution in [2.45, 2.75) is 0 Å². The van der Waals surface area contributed by atoms with Crippen LogP contribution in [0.3, 0.4) is 0 Å². The molecule has 1 amide bonds. The van der Waals surface area contributed by atoms with E-state index >= 15 is 0 Å². The Morgan fingerprint density at radius 1 is 1.43 bits per heavy atom. The van der Waals surface area contributed by atoms with Gasteiger partial charge in [-0.15, -0.1) is 0 Å². The summed E-state index contributed by atoms with van der Waals surface area (Å²) >= 11 is 0. The predicted molar refractivity (Wildman–Crippen MR) is 49.9 cm³/mol. The van der Waals surface area contributed by atoms with Crippen molar-refractivity contribution in [1.82, 2.24) is 14.8 Å². The zero-order valence-corrected chi connectivity index (χ0v) is 7.29. The van der Waals surface area contributed by atoms with Gasteiger partial charge in [0, 0.05) is 18.6 Å². The summed E-state index contributed by atoms with van der Waals surface area (Å²) in [5.41, 5.74) is 6.21. The molecule has 0 unspecified atom stereocenters. The minimum absolute atomic E-state index is 0.406. The Kier molecular flexibility index (Phi) is 1.98. The van der Waals surface area contributed by atoms with Crippen LogP contribution in [0, 0.1) is 0 Å². The minimum atomic E-state index is -0.488. The third-order valence-electron chi connectivity index (χ3n) is 1.82. The van der Waals surface area contributed by atoms with Crippen LogP contribution in [0.4, 0.5) is 0 Å². The second-order valence-electron chi connectivity index (χ2n) is 2.71. The number of primary amides is 1. The fourth-order valence-corrected chi connectivity index (χ4v) is 1.19. The SMILES string of the molecule is NC(=O)c1ccncc1-n1cccn1. The highest BCUT2D eigenvalue weighted by Crippen LogP contribution is 2.10. The molecule has 0 aromatic carbocycles. The van der Waals surface area contributed by atoms with E-state index in [-0.39, 0.29) is 0 Å². The lowest BCUT2D eigenvalue weighted by Crippen LogP contribution is -2.15. The van der Waals surface area contributed by atoms with Crippen LogP contribution in [0.5, 0.6) is 0 Å². The van der Waals surface area contributed by atoms with E-state index in [0.29, 0.717) is 11.3 Å². The van der Waals surface area contributed by atoms with Gasteiger partial charge in [0.05, 0.1) is 17.4 Å². The van der Waals surface area contributed by atoms with Crippen LogP contribution in [0.2, 0.25) is 0 Å². The topological polar surface area (TPSA) is 73.8 Å². The van der Waals surface area contributed by atoms with E-state index in [4.69, 9.17) is 5.73 Å². The molecule has 0 radical (unpaired) electrons. The smallest absolute Gasteiger partial charge is 0.251 e. The van der Waals surface area contributed by atoms with Crippen molar-refractivity contribution in [3.63, 3.8) is 0 Å². The summed E-state index contributed by atoms with van der Waals surface area (Å²) in [6.07, 6.45) is 6.42. The van der Waals surface area contributed by atoms with Gasteiger partial charge < -0.3 is 5.73 Å². The molecule has 0 aliphatic heterocycles. The number of nitrogens with zero attached hydrogens (tertiary/aromatic N) is 3. The first-order valence-electron chi connectivity index (χ1n) is 4.03. The zero-order valence-electron chi connectivity index (χ0n) is 7.29.